The van der Waals surface area contributed by atoms with E-state index in [0.29, 0.717) is 32.5 Å². The number of ether oxygens (including phenoxy) is 1. The largest absolute Gasteiger partial charge is 0.493 e. The van der Waals surface area contributed by atoms with Crippen molar-refractivity contribution in [2.24, 2.45) is 0 Å². The van der Waals surface area contributed by atoms with Crippen LogP contribution in [0.3, 0.4) is 0 Å². The van der Waals surface area contributed by atoms with Gasteiger partial charge < -0.3 is 15.0 Å². The van der Waals surface area contributed by atoms with Crippen LogP contribution in [0.15, 0.2) is 60.7 Å². The van der Waals surface area contributed by atoms with Crippen molar-refractivity contribution in [1.82, 2.24) is 10.2 Å². The number of aryl methyl sites for hydroxylation is 1. The smallest absolute Gasteiger partial charge is 0.246 e. The van der Waals surface area contributed by atoms with Gasteiger partial charge in [-0.3, -0.25) is 9.59 Å². The summed E-state index contributed by atoms with van der Waals surface area (Å²) in [6, 6.07) is 17.8. The molecule has 1 aliphatic heterocycles. The molecule has 5 nitrogen and oxygen atoms in total. The van der Waals surface area contributed by atoms with Crippen LogP contribution >= 0.6 is 0 Å². The Morgan fingerprint density at radius 2 is 1.77 bits per heavy atom. The van der Waals surface area contributed by atoms with Crippen LogP contribution in [-0.2, 0) is 9.59 Å². The molecule has 0 radical (unpaired) electrons. The number of nitrogens with zero attached hydrogens (tertiary/aromatic N) is 1. The third-order valence-electron chi connectivity index (χ3n) is 5.29. The molecule has 158 valence electrons. The summed E-state index contributed by atoms with van der Waals surface area (Å²) in [5.41, 5.74) is 2.11. The van der Waals surface area contributed by atoms with Crippen molar-refractivity contribution in [3.8, 4) is 5.75 Å². The Hall–Kier alpha value is -3.08. The zero-order chi connectivity index (χ0) is 21.2. The quantitative estimate of drug-likeness (QED) is 0.533. The number of carbonyl (C=O) groups excluding carboxylic acids is 2. The molecular weight excluding hydrogens is 376 g/mol. The predicted octanol–water partition coefficient (Wildman–Crippen LogP) is 3.97. The number of rotatable bonds is 8. The molecule has 2 amide bonds. The van der Waals surface area contributed by atoms with E-state index in [4.69, 9.17) is 4.74 Å². The first kappa shape index (κ1) is 21.6. The van der Waals surface area contributed by atoms with Crippen LogP contribution in [0.2, 0.25) is 0 Å². The number of hydrogen-bond acceptors (Lipinski definition) is 3. The minimum absolute atomic E-state index is 0.0250. The molecular formula is C25H30N2O3. The highest BCUT2D eigenvalue weighted by Crippen LogP contribution is 2.16. The SMILES string of the molecule is Cc1ccccc1OCCCC(=O)NC1CCN(C(=O)/C=C/c2ccccc2)CC1. The van der Waals surface area contributed by atoms with E-state index >= 15 is 0 Å². The highest BCUT2D eigenvalue weighted by Gasteiger charge is 2.22. The first-order chi connectivity index (χ1) is 14.6. The van der Waals surface area contributed by atoms with E-state index in [1.165, 1.54) is 0 Å². The molecule has 0 bridgehead atoms. The van der Waals surface area contributed by atoms with E-state index in [9.17, 15) is 9.59 Å². The minimum atomic E-state index is 0.0250. The van der Waals surface area contributed by atoms with Crippen molar-refractivity contribution in [3.05, 3.63) is 71.8 Å². The van der Waals surface area contributed by atoms with Gasteiger partial charge in [0.25, 0.3) is 0 Å². The topological polar surface area (TPSA) is 58.6 Å². The Morgan fingerprint density at radius 1 is 1.07 bits per heavy atom. The van der Waals surface area contributed by atoms with Crippen LogP contribution in [0.1, 0.15) is 36.8 Å². The fourth-order valence-corrected chi connectivity index (χ4v) is 3.51. The number of benzene rings is 2. The molecule has 0 atom stereocenters. The summed E-state index contributed by atoms with van der Waals surface area (Å²) in [7, 11) is 0. The maximum absolute atomic E-state index is 12.4. The number of para-hydroxylation sites is 1. The molecule has 1 N–H and O–H groups in total. The molecule has 3 rings (SSSR count). The molecule has 1 saturated heterocycles. The van der Waals surface area contributed by atoms with E-state index in [-0.39, 0.29) is 17.9 Å². The minimum Gasteiger partial charge on any atom is -0.493 e. The number of carbonyl (C=O) groups is 2. The van der Waals surface area contributed by atoms with Gasteiger partial charge >= 0.3 is 0 Å². The Bertz CT molecular complexity index is 856. The molecule has 30 heavy (non-hydrogen) atoms. The van der Waals surface area contributed by atoms with E-state index in [1.807, 2.05) is 72.5 Å². The first-order valence-electron chi connectivity index (χ1n) is 10.6. The van der Waals surface area contributed by atoms with Crippen LogP contribution < -0.4 is 10.1 Å². The Kier molecular flexibility index (Phi) is 8.07. The van der Waals surface area contributed by atoms with Crippen LogP contribution in [0.4, 0.5) is 0 Å². The molecule has 1 fully saturated rings. The number of amides is 2. The molecule has 0 spiro atoms. The van der Waals surface area contributed by atoms with Gasteiger partial charge in [0, 0.05) is 31.6 Å². The second kappa shape index (κ2) is 11.2. The van der Waals surface area contributed by atoms with Crippen molar-refractivity contribution >= 4 is 17.9 Å². The second-order valence-corrected chi connectivity index (χ2v) is 7.63. The standard InChI is InChI=1S/C25H30N2O3/c1-20-8-5-6-11-23(20)30-19-7-12-24(28)26-22-15-17-27(18-16-22)25(29)14-13-21-9-3-2-4-10-21/h2-6,8-11,13-14,22H,7,12,15-19H2,1H3,(H,26,28)/b14-13+. The summed E-state index contributed by atoms with van der Waals surface area (Å²) < 4.78 is 5.74. The first-order valence-corrected chi connectivity index (χ1v) is 10.6. The molecule has 0 unspecified atom stereocenters. The van der Waals surface area contributed by atoms with Crippen LogP contribution in [0, 0.1) is 6.92 Å². The average molecular weight is 407 g/mol. The lowest BCUT2D eigenvalue weighted by atomic mass is 10.0. The monoisotopic (exact) mass is 406 g/mol. The van der Waals surface area contributed by atoms with Crippen LogP contribution in [0.25, 0.3) is 6.08 Å². The van der Waals surface area contributed by atoms with E-state index in [0.717, 1.165) is 29.7 Å². The molecule has 1 aliphatic rings. The number of piperidine rings is 1. The molecule has 0 saturated carbocycles. The Balaban J connectivity index is 1.32. The highest BCUT2D eigenvalue weighted by atomic mass is 16.5. The number of likely N-dealkylation sites (tertiary alicyclic amines) is 1. The lowest BCUT2D eigenvalue weighted by Gasteiger charge is -2.31. The third kappa shape index (κ3) is 6.76. The number of nitrogens with one attached hydrogen (secondary N) is 1. The van der Waals surface area contributed by atoms with Crippen LogP contribution in [0.5, 0.6) is 5.75 Å². The lowest BCUT2D eigenvalue weighted by Crippen LogP contribution is -2.46. The van der Waals surface area contributed by atoms with Gasteiger partial charge in [-0.05, 0) is 49.5 Å². The summed E-state index contributed by atoms with van der Waals surface area (Å²) in [6.07, 6.45) is 6.18. The zero-order valence-electron chi connectivity index (χ0n) is 17.5. The highest BCUT2D eigenvalue weighted by molar-refractivity contribution is 5.91. The zero-order valence-corrected chi connectivity index (χ0v) is 17.5. The molecule has 2 aromatic carbocycles. The van der Waals surface area contributed by atoms with Crippen molar-refractivity contribution in [2.75, 3.05) is 19.7 Å². The van der Waals surface area contributed by atoms with Crippen LogP contribution in [-0.4, -0.2) is 42.5 Å². The van der Waals surface area contributed by atoms with Gasteiger partial charge in [0.1, 0.15) is 5.75 Å². The second-order valence-electron chi connectivity index (χ2n) is 7.63. The van der Waals surface area contributed by atoms with Crippen molar-refractivity contribution < 1.29 is 14.3 Å². The van der Waals surface area contributed by atoms with Gasteiger partial charge in [0.15, 0.2) is 0 Å². The molecule has 2 aromatic rings. The number of hydrogen-bond donors (Lipinski definition) is 1. The van der Waals surface area contributed by atoms with E-state index in [2.05, 4.69) is 5.32 Å². The summed E-state index contributed by atoms with van der Waals surface area (Å²) in [5.74, 6) is 0.949. The van der Waals surface area contributed by atoms with Gasteiger partial charge in [0.2, 0.25) is 11.8 Å². The summed E-state index contributed by atoms with van der Waals surface area (Å²) in [5, 5.41) is 3.10. The molecule has 1 heterocycles. The van der Waals surface area contributed by atoms with Gasteiger partial charge in [0.05, 0.1) is 6.61 Å². The lowest BCUT2D eigenvalue weighted by molar-refractivity contribution is -0.127. The fourth-order valence-electron chi connectivity index (χ4n) is 3.51. The average Bonchev–Trinajstić information content (AvgIpc) is 2.77. The Labute approximate surface area is 178 Å². The normalized spacial score (nSPS) is 14.6. The summed E-state index contributed by atoms with van der Waals surface area (Å²) >= 11 is 0. The van der Waals surface area contributed by atoms with Gasteiger partial charge in [-0.15, -0.1) is 0 Å². The fraction of sp³-hybridized carbons (Fsp3) is 0.360. The molecule has 0 aliphatic carbocycles. The maximum Gasteiger partial charge on any atom is 0.246 e. The summed E-state index contributed by atoms with van der Waals surface area (Å²) in [6.45, 7) is 3.87. The van der Waals surface area contributed by atoms with Crippen molar-refractivity contribution in [1.29, 1.82) is 0 Å². The van der Waals surface area contributed by atoms with Gasteiger partial charge in [-0.1, -0.05) is 48.5 Å². The molecule has 5 heteroatoms. The van der Waals surface area contributed by atoms with E-state index in [1.54, 1.807) is 6.08 Å². The van der Waals surface area contributed by atoms with Gasteiger partial charge in [-0.25, -0.2) is 0 Å². The third-order valence-corrected chi connectivity index (χ3v) is 5.29. The molecule has 0 aromatic heterocycles. The Morgan fingerprint density at radius 3 is 2.50 bits per heavy atom. The maximum atomic E-state index is 12.4. The van der Waals surface area contributed by atoms with Crippen molar-refractivity contribution in [2.45, 2.75) is 38.6 Å². The van der Waals surface area contributed by atoms with Gasteiger partial charge in [-0.2, -0.15) is 0 Å². The predicted molar refractivity (Wildman–Crippen MR) is 119 cm³/mol. The van der Waals surface area contributed by atoms with E-state index < -0.39 is 0 Å². The summed E-state index contributed by atoms with van der Waals surface area (Å²) in [4.78, 5) is 26.4. The van der Waals surface area contributed by atoms with Crippen molar-refractivity contribution in [3.63, 3.8) is 0 Å².